The van der Waals surface area contributed by atoms with E-state index in [1.807, 2.05) is 0 Å². The van der Waals surface area contributed by atoms with Crippen molar-refractivity contribution in [2.75, 3.05) is 18.0 Å². The number of nitro groups is 1. The van der Waals surface area contributed by atoms with Crippen LogP contribution in [0, 0.1) is 16.0 Å². The molecule has 0 fully saturated rings. The molecule has 0 radical (unpaired) electrons. The van der Waals surface area contributed by atoms with Gasteiger partial charge in [0.1, 0.15) is 5.84 Å². The summed E-state index contributed by atoms with van der Waals surface area (Å²) in [6.07, 6.45) is 0. The third-order valence-electron chi connectivity index (χ3n) is 2.76. The quantitative estimate of drug-likeness (QED) is 0.595. The zero-order valence-corrected chi connectivity index (χ0v) is 9.96. The maximum absolute atomic E-state index is 10.6. The lowest BCUT2D eigenvalue weighted by molar-refractivity contribution is -0.384. The Balaban J connectivity index is 2.23. The van der Waals surface area contributed by atoms with Crippen LogP contribution in [0.3, 0.4) is 0 Å². The van der Waals surface area contributed by atoms with Gasteiger partial charge in [0.05, 0.1) is 11.5 Å². The third-order valence-corrected chi connectivity index (χ3v) is 2.76. The maximum Gasteiger partial charge on any atom is 0.269 e. The molecular formula is C12H15N3O2. The van der Waals surface area contributed by atoms with E-state index >= 15 is 0 Å². The molecule has 0 amide bonds. The zero-order valence-electron chi connectivity index (χ0n) is 9.96. The van der Waals surface area contributed by atoms with Crippen molar-refractivity contribution in [1.29, 1.82) is 0 Å². The number of hydrogen-bond donors (Lipinski definition) is 0. The molecule has 0 N–H and O–H groups in total. The number of anilines is 1. The van der Waals surface area contributed by atoms with E-state index in [4.69, 9.17) is 0 Å². The summed E-state index contributed by atoms with van der Waals surface area (Å²) >= 11 is 0. The molecule has 1 aromatic carbocycles. The van der Waals surface area contributed by atoms with E-state index < -0.39 is 0 Å². The fourth-order valence-electron chi connectivity index (χ4n) is 1.97. The Hall–Kier alpha value is -1.91. The summed E-state index contributed by atoms with van der Waals surface area (Å²) in [4.78, 5) is 16.8. The highest BCUT2D eigenvalue weighted by Gasteiger charge is 2.21. The van der Waals surface area contributed by atoms with Crippen molar-refractivity contribution in [2.45, 2.75) is 13.8 Å². The van der Waals surface area contributed by atoms with Gasteiger partial charge in [-0.1, -0.05) is 13.8 Å². The molecule has 0 saturated heterocycles. The number of aliphatic imine (C=N–C) groups is 1. The minimum atomic E-state index is -0.384. The van der Waals surface area contributed by atoms with Gasteiger partial charge in [-0.05, 0) is 12.1 Å². The molecule has 1 aliphatic heterocycles. The Morgan fingerprint density at radius 1 is 1.35 bits per heavy atom. The monoisotopic (exact) mass is 233 g/mol. The molecule has 0 aromatic heterocycles. The highest BCUT2D eigenvalue weighted by molar-refractivity contribution is 6.00. The second kappa shape index (κ2) is 4.53. The highest BCUT2D eigenvalue weighted by Crippen LogP contribution is 2.23. The molecule has 2 rings (SSSR count). The Morgan fingerprint density at radius 2 is 2.00 bits per heavy atom. The van der Waals surface area contributed by atoms with Crippen molar-refractivity contribution in [3.63, 3.8) is 0 Å². The molecule has 1 heterocycles. The summed E-state index contributed by atoms with van der Waals surface area (Å²) in [5.41, 5.74) is 1.09. The molecule has 0 aliphatic carbocycles. The van der Waals surface area contributed by atoms with Gasteiger partial charge in [0, 0.05) is 30.3 Å². The van der Waals surface area contributed by atoms with Gasteiger partial charge in [0.2, 0.25) is 0 Å². The summed E-state index contributed by atoms with van der Waals surface area (Å²) in [5, 5.41) is 10.6. The van der Waals surface area contributed by atoms with E-state index in [1.165, 1.54) is 12.1 Å². The van der Waals surface area contributed by atoms with Crippen molar-refractivity contribution in [3.8, 4) is 0 Å². The lowest BCUT2D eigenvalue weighted by atomic mass is 10.1. The summed E-state index contributed by atoms with van der Waals surface area (Å²) in [5.74, 6) is 1.42. The average Bonchev–Trinajstić information content (AvgIpc) is 2.78. The summed E-state index contributed by atoms with van der Waals surface area (Å²) in [6.45, 7) is 5.85. The third kappa shape index (κ3) is 2.27. The van der Waals surface area contributed by atoms with Gasteiger partial charge in [-0.3, -0.25) is 15.1 Å². The smallest absolute Gasteiger partial charge is 0.269 e. The maximum atomic E-state index is 10.6. The van der Waals surface area contributed by atoms with Crippen LogP contribution in [0.15, 0.2) is 29.3 Å². The number of hydrogen-bond acceptors (Lipinski definition) is 4. The van der Waals surface area contributed by atoms with Gasteiger partial charge in [0.15, 0.2) is 0 Å². The zero-order chi connectivity index (χ0) is 12.4. The largest absolute Gasteiger partial charge is 0.328 e. The summed E-state index contributed by atoms with van der Waals surface area (Å²) in [6, 6.07) is 6.62. The topological polar surface area (TPSA) is 58.7 Å². The lowest BCUT2D eigenvalue weighted by Gasteiger charge is -2.22. The van der Waals surface area contributed by atoms with Crippen molar-refractivity contribution >= 4 is 17.2 Å². The Labute approximate surface area is 99.9 Å². The first kappa shape index (κ1) is 11.6. The highest BCUT2D eigenvalue weighted by atomic mass is 16.6. The van der Waals surface area contributed by atoms with Crippen LogP contribution < -0.4 is 4.90 Å². The molecule has 0 spiro atoms. The van der Waals surface area contributed by atoms with Crippen LogP contribution in [0.4, 0.5) is 11.4 Å². The Bertz CT molecular complexity index is 451. The van der Waals surface area contributed by atoms with Gasteiger partial charge in [-0.15, -0.1) is 0 Å². The van der Waals surface area contributed by atoms with Crippen LogP contribution in [-0.4, -0.2) is 23.8 Å². The molecule has 90 valence electrons. The van der Waals surface area contributed by atoms with Crippen LogP contribution in [0.2, 0.25) is 0 Å². The first-order valence-electron chi connectivity index (χ1n) is 5.66. The molecule has 5 nitrogen and oxygen atoms in total. The summed E-state index contributed by atoms with van der Waals surface area (Å²) in [7, 11) is 0. The second-order valence-electron chi connectivity index (χ2n) is 4.32. The molecule has 1 aliphatic rings. The van der Waals surface area contributed by atoms with Crippen LogP contribution in [0.5, 0.6) is 0 Å². The van der Waals surface area contributed by atoms with E-state index in [9.17, 15) is 10.1 Å². The lowest BCUT2D eigenvalue weighted by Crippen LogP contribution is -2.30. The molecule has 0 unspecified atom stereocenters. The number of nitro benzene ring substituents is 1. The Kier molecular flexibility index (Phi) is 3.08. The van der Waals surface area contributed by atoms with Crippen molar-refractivity contribution in [3.05, 3.63) is 34.4 Å². The first-order valence-corrected chi connectivity index (χ1v) is 5.66. The van der Waals surface area contributed by atoms with Gasteiger partial charge in [0.25, 0.3) is 5.69 Å². The predicted octanol–water partition coefficient (Wildman–Crippen LogP) is 2.47. The average molecular weight is 233 g/mol. The molecule has 5 heteroatoms. The first-order chi connectivity index (χ1) is 8.09. The van der Waals surface area contributed by atoms with E-state index in [-0.39, 0.29) is 10.6 Å². The van der Waals surface area contributed by atoms with Gasteiger partial charge >= 0.3 is 0 Å². The molecule has 0 atom stereocenters. The van der Waals surface area contributed by atoms with Crippen molar-refractivity contribution < 1.29 is 4.92 Å². The molecule has 0 saturated carbocycles. The number of rotatable bonds is 3. The fourth-order valence-corrected chi connectivity index (χ4v) is 1.97. The normalized spacial score (nSPS) is 15.2. The summed E-state index contributed by atoms with van der Waals surface area (Å²) < 4.78 is 0. The molecule has 0 bridgehead atoms. The minimum absolute atomic E-state index is 0.121. The van der Waals surface area contributed by atoms with Gasteiger partial charge in [-0.2, -0.15) is 0 Å². The van der Waals surface area contributed by atoms with E-state index in [0.29, 0.717) is 5.92 Å². The van der Waals surface area contributed by atoms with Crippen LogP contribution >= 0.6 is 0 Å². The number of benzene rings is 1. The number of nitrogens with zero attached hydrogens (tertiary/aromatic N) is 3. The van der Waals surface area contributed by atoms with Gasteiger partial charge < -0.3 is 4.90 Å². The van der Waals surface area contributed by atoms with Crippen LogP contribution in [0.1, 0.15) is 13.8 Å². The second-order valence-corrected chi connectivity index (χ2v) is 4.32. The van der Waals surface area contributed by atoms with Crippen LogP contribution in [0.25, 0.3) is 0 Å². The van der Waals surface area contributed by atoms with E-state index in [2.05, 4.69) is 23.7 Å². The van der Waals surface area contributed by atoms with Crippen LogP contribution in [-0.2, 0) is 0 Å². The molecule has 17 heavy (non-hydrogen) atoms. The van der Waals surface area contributed by atoms with E-state index in [0.717, 1.165) is 24.6 Å². The molecular weight excluding hydrogens is 218 g/mol. The predicted molar refractivity (Wildman–Crippen MR) is 67.6 cm³/mol. The minimum Gasteiger partial charge on any atom is -0.328 e. The number of amidine groups is 1. The molecule has 1 aromatic rings. The Morgan fingerprint density at radius 3 is 2.53 bits per heavy atom. The van der Waals surface area contributed by atoms with Crippen molar-refractivity contribution in [1.82, 2.24) is 0 Å². The fraction of sp³-hybridized carbons (Fsp3) is 0.417. The van der Waals surface area contributed by atoms with E-state index in [1.54, 1.807) is 12.1 Å². The standard InChI is InChI=1S/C12H15N3O2/c1-9(2)12-13-7-8-14(12)10-3-5-11(6-4-10)15(16)17/h3-6,9H,7-8H2,1-2H3. The van der Waals surface area contributed by atoms with Gasteiger partial charge in [-0.25, -0.2) is 0 Å². The number of non-ortho nitro benzene ring substituents is 1. The van der Waals surface area contributed by atoms with Crippen molar-refractivity contribution in [2.24, 2.45) is 10.9 Å². The SMILES string of the molecule is CC(C)C1=NCCN1c1ccc([N+](=O)[O-])cc1.